The van der Waals surface area contributed by atoms with Gasteiger partial charge in [0.15, 0.2) is 0 Å². The first-order chi connectivity index (χ1) is 19.0. The number of piperidine rings is 1. The number of carbonyl (C=O) groups is 2. The summed E-state index contributed by atoms with van der Waals surface area (Å²) in [6, 6.07) is 8.95. The van der Waals surface area contributed by atoms with Crippen molar-refractivity contribution in [1.82, 2.24) is 25.4 Å². The summed E-state index contributed by atoms with van der Waals surface area (Å²) in [5.41, 5.74) is 1.30. The molecule has 1 aromatic heterocycles. The maximum Gasteiger partial charge on any atom is 0.405 e. The number of halogens is 5. The average molecular weight is 650 g/mol. The standard InChI is InChI=1S/C27H33BrClF3N6O2.2H2/c1-2-21-16-37(24-23(29)13-18(14-33-24)15-34-26(40)35-17-27(30,31)32)11-12-38(21)22-7-9-36(10-8-22)25(39)19-3-5-20(28)6-4-19;;/h3-6,13-14,21-22H,2,7-12,15-17H2,1H3,(H2,34,35,40);2*1H/t21-;;/m0../s1. The van der Waals surface area contributed by atoms with Crippen LogP contribution < -0.4 is 15.5 Å². The molecule has 0 radical (unpaired) electrons. The monoisotopic (exact) mass is 648 g/mol. The number of piperazine rings is 1. The third kappa shape index (κ3) is 8.01. The Bertz CT molecular complexity index is 1190. The molecule has 13 heteroatoms. The minimum Gasteiger partial charge on any atom is -0.353 e. The van der Waals surface area contributed by atoms with Crippen molar-refractivity contribution < 1.29 is 25.6 Å². The van der Waals surface area contributed by atoms with E-state index in [4.69, 9.17) is 11.6 Å². The van der Waals surface area contributed by atoms with Gasteiger partial charge in [0.2, 0.25) is 0 Å². The molecule has 0 saturated carbocycles. The SMILES string of the molecule is CC[C@H]1CN(c2ncc(CNC(=O)NCC(F)(F)F)cc2Cl)CCN1C1CCN(C(=O)c2ccc(Br)cc2)CC1.[HH].[HH]. The molecule has 0 aliphatic carbocycles. The summed E-state index contributed by atoms with van der Waals surface area (Å²) in [4.78, 5) is 35.7. The van der Waals surface area contributed by atoms with Crippen LogP contribution in [0, 0.1) is 0 Å². The van der Waals surface area contributed by atoms with Gasteiger partial charge in [-0.2, -0.15) is 13.2 Å². The number of carbonyl (C=O) groups excluding carboxylic acids is 2. The van der Waals surface area contributed by atoms with E-state index in [1.807, 2.05) is 29.2 Å². The van der Waals surface area contributed by atoms with Crippen molar-refractivity contribution in [3.05, 3.63) is 57.2 Å². The summed E-state index contributed by atoms with van der Waals surface area (Å²) in [6.07, 6.45) is -0.0784. The van der Waals surface area contributed by atoms with Crippen LogP contribution in [0.25, 0.3) is 0 Å². The smallest absolute Gasteiger partial charge is 0.353 e. The van der Waals surface area contributed by atoms with E-state index in [0.29, 0.717) is 34.1 Å². The normalized spacial score (nSPS) is 19.0. The van der Waals surface area contributed by atoms with Crippen molar-refractivity contribution >= 4 is 45.3 Å². The average Bonchev–Trinajstić information content (AvgIpc) is 2.94. The number of hydrogen-bond acceptors (Lipinski definition) is 5. The van der Waals surface area contributed by atoms with Crippen LogP contribution in [0.4, 0.5) is 23.8 Å². The van der Waals surface area contributed by atoms with Crippen LogP contribution in [-0.4, -0.2) is 84.3 Å². The fourth-order valence-electron chi connectivity index (χ4n) is 5.31. The first kappa shape index (κ1) is 30.4. The molecule has 1 atom stereocenters. The first-order valence-electron chi connectivity index (χ1n) is 13.3. The van der Waals surface area contributed by atoms with Crippen LogP contribution in [-0.2, 0) is 6.54 Å². The molecule has 0 spiro atoms. The van der Waals surface area contributed by atoms with E-state index in [0.717, 1.165) is 56.5 Å². The van der Waals surface area contributed by atoms with Crippen molar-refractivity contribution in [1.29, 1.82) is 0 Å². The van der Waals surface area contributed by atoms with Crippen LogP contribution in [0.15, 0.2) is 41.0 Å². The van der Waals surface area contributed by atoms with E-state index >= 15 is 0 Å². The Morgan fingerprint density at radius 3 is 2.45 bits per heavy atom. The number of likely N-dealkylation sites (tertiary alicyclic amines) is 1. The Kier molecular flexibility index (Phi) is 10.2. The fourth-order valence-corrected chi connectivity index (χ4v) is 5.88. The Morgan fingerprint density at radius 1 is 1.12 bits per heavy atom. The molecule has 2 saturated heterocycles. The molecule has 40 heavy (non-hydrogen) atoms. The quantitative estimate of drug-likeness (QED) is 0.411. The number of benzene rings is 1. The van der Waals surface area contributed by atoms with Gasteiger partial charge >= 0.3 is 12.2 Å². The fraction of sp³-hybridized carbons (Fsp3) is 0.519. The number of nitrogens with one attached hydrogen (secondary N) is 2. The highest BCUT2D eigenvalue weighted by atomic mass is 79.9. The predicted octanol–water partition coefficient (Wildman–Crippen LogP) is 5.56. The molecule has 1 aromatic carbocycles. The zero-order valence-corrected chi connectivity index (χ0v) is 24.5. The molecule has 3 amide bonds. The highest BCUT2D eigenvalue weighted by molar-refractivity contribution is 9.10. The van der Waals surface area contributed by atoms with Gasteiger partial charge < -0.3 is 20.4 Å². The molecule has 0 bridgehead atoms. The number of amides is 3. The molecular formula is C27H37BrClF3N6O2. The lowest BCUT2D eigenvalue weighted by Crippen LogP contribution is -2.58. The van der Waals surface area contributed by atoms with Gasteiger partial charge in [-0.15, -0.1) is 0 Å². The molecule has 2 aromatic rings. The Labute approximate surface area is 248 Å². The maximum atomic E-state index is 12.9. The highest BCUT2D eigenvalue weighted by Gasteiger charge is 2.35. The molecule has 2 N–H and O–H groups in total. The van der Waals surface area contributed by atoms with E-state index < -0.39 is 18.8 Å². The number of urea groups is 1. The number of rotatable bonds is 7. The van der Waals surface area contributed by atoms with Gasteiger partial charge in [0.1, 0.15) is 12.4 Å². The third-order valence-electron chi connectivity index (χ3n) is 7.39. The van der Waals surface area contributed by atoms with Gasteiger partial charge in [0.25, 0.3) is 5.91 Å². The Balaban J connectivity index is 0.00000308. The lowest BCUT2D eigenvalue weighted by Gasteiger charge is -2.47. The second kappa shape index (κ2) is 13.4. The van der Waals surface area contributed by atoms with Crippen LogP contribution in [0.3, 0.4) is 0 Å². The molecule has 2 fully saturated rings. The van der Waals surface area contributed by atoms with Gasteiger partial charge in [-0.25, -0.2) is 9.78 Å². The predicted molar refractivity (Wildman–Crippen MR) is 156 cm³/mol. The largest absolute Gasteiger partial charge is 0.405 e. The molecule has 222 valence electrons. The zero-order chi connectivity index (χ0) is 28.9. The second-order valence-corrected chi connectivity index (χ2v) is 11.4. The third-order valence-corrected chi connectivity index (χ3v) is 8.20. The molecule has 4 rings (SSSR count). The van der Waals surface area contributed by atoms with Crippen LogP contribution in [0.1, 0.15) is 45.0 Å². The maximum absolute atomic E-state index is 12.9. The van der Waals surface area contributed by atoms with Crippen LogP contribution in [0.2, 0.25) is 5.02 Å². The Hall–Kier alpha value is -2.57. The van der Waals surface area contributed by atoms with Crippen molar-refractivity contribution in [2.75, 3.05) is 44.2 Å². The van der Waals surface area contributed by atoms with E-state index in [1.165, 1.54) is 0 Å². The molecule has 3 heterocycles. The number of hydrogen-bond donors (Lipinski definition) is 2. The van der Waals surface area contributed by atoms with Gasteiger partial charge in [0, 0.05) is 70.4 Å². The molecule has 2 aliphatic heterocycles. The summed E-state index contributed by atoms with van der Waals surface area (Å²) in [5.74, 6) is 0.726. The van der Waals surface area contributed by atoms with E-state index in [1.54, 1.807) is 17.6 Å². The minimum atomic E-state index is -4.47. The summed E-state index contributed by atoms with van der Waals surface area (Å²) >= 11 is 9.96. The number of aromatic nitrogens is 1. The number of anilines is 1. The number of alkyl halides is 3. The van der Waals surface area contributed by atoms with Crippen molar-refractivity contribution in [3.8, 4) is 0 Å². The molecule has 2 aliphatic rings. The van der Waals surface area contributed by atoms with Crippen molar-refractivity contribution in [2.24, 2.45) is 0 Å². The zero-order valence-electron chi connectivity index (χ0n) is 22.2. The summed E-state index contributed by atoms with van der Waals surface area (Å²) in [5, 5.41) is 4.58. The topological polar surface area (TPSA) is 80.8 Å². The molecular weight excluding hydrogens is 613 g/mol. The lowest BCUT2D eigenvalue weighted by molar-refractivity contribution is -0.122. The van der Waals surface area contributed by atoms with Crippen molar-refractivity contribution in [2.45, 2.75) is 51.0 Å². The van der Waals surface area contributed by atoms with Crippen LogP contribution >= 0.6 is 27.5 Å². The summed E-state index contributed by atoms with van der Waals surface area (Å²) in [6.45, 7) is 4.60. The first-order valence-corrected chi connectivity index (χ1v) is 14.5. The lowest BCUT2D eigenvalue weighted by atomic mass is 9.97. The summed E-state index contributed by atoms with van der Waals surface area (Å²) in [7, 11) is 0. The van der Waals surface area contributed by atoms with E-state index in [2.05, 4.69) is 43.0 Å². The van der Waals surface area contributed by atoms with Crippen molar-refractivity contribution in [3.63, 3.8) is 0 Å². The van der Waals surface area contributed by atoms with E-state index in [9.17, 15) is 22.8 Å². The van der Waals surface area contributed by atoms with Crippen LogP contribution in [0.5, 0.6) is 0 Å². The molecule has 8 nitrogen and oxygen atoms in total. The number of pyridine rings is 1. The minimum absolute atomic E-state index is 0. The second-order valence-electron chi connectivity index (χ2n) is 10.1. The molecule has 0 unspecified atom stereocenters. The highest BCUT2D eigenvalue weighted by Crippen LogP contribution is 2.30. The van der Waals surface area contributed by atoms with Gasteiger partial charge in [-0.05, 0) is 55.2 Å². The van der Waals surface area contributed by atoms with Gasteiger partial charge in [-0.1, -0.05) is 34.5 Å². The Morgan fingerprint density at radius 2 is 1.82 bits per heavy atom. The summed E-state index contributed by atoms with van der Waals surface area (Å²) < 4.78 is 37.7. The van der Waals surface area contributed by atoms with Gasteiger partial charge in [0.05, 0.1) is 5.02 Å². The van der Waals surface area contributed by atoms with Gasteiger partial charge in [-0.3, -0.25) is 9.69 Å². The van der Waals surface area contributed by atoms with E-state index in [-0.39, 0.29) is 15.3 Å². The number of nitrogens with zero attached hydrogens (tertiary/aromatic N) is 4.